The Hall–Kier alpha value is -0.230. The third-order valence-corrected chi connectivity index (χ3v) is 3.58. The van der Waals surface area contributed by atoms with E-state index in [1.807, 2.05) is 0 Å². The molecule has 2 rings (SSSR count). The van der Waals surface area contributed by atoms with Crippen LogP contribution in [0.2, 0.25) is 10.0 Å². The molecule has 114 valence electrons. The van der Waals surface area contributed by atoms with Gasteiger partial charge in [0.15, 0.2) is 0 Å². The summed E-state index contributed by atoms with van der Waals surface area (Å²) in [5.41, 5.74) is 5.61. The Morgan fingerprint density at radius 3 is 2.90 bits per heavy atom. The quantitative estimate of drug-likeness (QED) is 0.894. The van der Waals surface area contributed by atoms with Crippen LogP contribution in [0.15, 0.2) is 18.2 Å². The molecule has 1 fully saturated rings. The van der Waals surface area contributed by atoms with Crippen LogP contribution >= 0.6 is 35.6 Å². The molecule has 7 heteroatoms. The fourth-order valence-corrected chi connectivity index (χ4v) is 2.47. The van der Waals surface area contributed by atoms with E-state index in [-0.39, 0.29) is 18.5 Å². The van der Waals surface area contributed by atoms with Crippen molar-refractivity contribution in [3.63, 3.8) is 0 Å². The molecule has 2 N–H and O–H groups in total. The van der Waals surface area contributed by atoms with Crippen LogP contribution in [0, 0.1) is 0 Å². The van der Waals surface area contributed by atoms with Crippen molar-refractivity contribution in [1.29, 1.82) is 0 Å². The summed E-state index contributed by atoms with van der Waals surface area (Å²) in [6.07, 6.45) is 0.132. The lowest BCUT2D eigenvalue weighted by Gasteiger charge is -2.32. The van der Waals surface area contributed by atoms with Gasteiger partial charge < -0.3 is 15.2 Å². The summed E-state index contributed by atoms with van der Waals surface area (Å²) in [5, 5.41) is 1.14. The van der Waals surface area contributed by atoms with Crippen molar-refractivity contribution in [2.75, 3.05) is 39.4 Å². The molecular formula is C13H19Cl3N2O2. The van der Waals surface area contributed by atoms with Crippen LogP contribution in [-0.2, 0) is 4.74 Å². The van der Waals surface area contributed by atoms with Gasteiger partial charge in [-0.15, -0.1) is 12.4 Å². The zero-order chi connectivity index (χ0) is 13.7. The number of nitrogens with two attached hydrogens (primary N) is 1. The second kappa shape index (κ2) is 8.93. The minimum atomic E-state index is 0. The summed E-state index contributed by atoms with van der Waals surface area (Å²) >= 11 is 11.9. The predicted octanol–water partition coefficient (Wildman–Crippen LogP) is 2.45. The van der Waals surface area contributed by atoms with Crippen LogP contribution in [0.1, 0.15) is 0 Å². The smallest absolute Gasteiger partial charge is 0.138 e. The highest BCUT2D eigenvalue weighted by Gasteiger charge is 2.18. The molecule has 0 aromatic heterocycles. The molecule has 1 atom stereocenters. The van der Waals surface area contributed by atoms with Crippen molar-refractivity contribution < 1.29 is 9.47 Å². The second-order valence-electron chi connectivity index (χ2n) is 4.45. The molecule has 0 saturated carbocycles. The minimum absolute atomic E-state index is 0. The molecule has 0 radical (unpaired) electrons. The van der Waals surface area contributed by atoms with E-state index < -0.39 is 0 Å². The number of ether oxygens (including phenoxy) is 2. The number of hydrogen-bond donors (Lipinski definition) is 1. The molecule has 0 aliphatic carbocycles. The van der Waals surface area contributed by atoms with Crippen LogP contribution in [0.4, 0.5) is 0 Å². The molecule has 1 unspecified atom stereocenters. The molecule has 0 bridgehead atoms. The highest BCUT2D eigenvalue weighted by molar-refractivity contribution is 6.35. The highest BCUT2D eigenvalue weighted by atomic mass is 35.5. The second-order valence-corrected chi connectivity index (χ2v) is 5.30. The molecule has 0 amide bonds. The molecule has 1 aromatic rings. The monoisotopic (exact) mass is 340 g/mol. The molecular weight excluding hydrogens is 323 g/mol. The van der Waals surface area contributed by atoms with E-state index in [2.05, 4.69) is 4.90 Å². The average Bonchev–Trinajstić information content (AvgIpc) is 2.41. The van der Waals surface area contributed by atoms with Gasteiger partial charge in [0, 0.05) is 31.2 Å². The Bertz CT molecular complexity index is 421. The lowest BCUT2D eigenvalue weighted by atomic mass is 10.3. The fraction of sp³-hybridized carbons (Fsp3) is 0.538. The molecule has 20 heavy (non-hydrogen) atoms. The lowest BCUT2D eigenvalue weighted by molar-refractivity contribution is -0.0261. The Morgan fingerprint density at radius 2 is 2.20 bits per heavy atom. The number of nitrogens with zero attached hydrogens (tertiary/aromatic N) is 1. The Morgan fingerprint density at radius 1 is 1.40 bits per heavy atom. The third kappa shape index (κ3) is 5.28. The zero-order valence-electron chi connectivity index (χ0n) is 11.1. The largest absolute Gasteiger partial charge is 0.491 e. The van der Waals surface area contributed by atoms with Crippen LogP contribution in [-0.4, -0.2) is 50.4 Å². The summed E-state index contributed by atoms with van der Waals surface area (Å²) < 4.78 is 11.2. The van der Waals surface area contributed by atoms with Crippen molar-refractivity contribution in [3.8, 4) is 5.75 Å². The molecule has 1 aromatic carbocycles. The summed E-state index contributed by atoms with van der Waals surface area (Å²) in [4.78, 5) is 2.28. The predicted molar refractivity (Wildman–Crippen MR) is 84.4 cm³/mol. The number of halogens is 3. The Kier molecular flexibility index (Phi) is 7.95. The van der Waals surface area contributed by atoms with Gasteiger partial charge in [-0.3, -0.25) is 4.90 Å². The third-order valence-electron chi connectivity index (χ3n) is 3.04. The number of benzene rings is 1. The molecule has 1 aliphatic heterocycles. The summed E-state index contributed by atoms with van der Waals surface area (Å²) in [7, 11) is 0. The Labute approximate surface area is 135 Å². The SMILES string of the molecule is Cl.NCC1CN(CCOc2ccc(Cl)cc2Cl)CCO1. The van der Waals surface area contributed by atoms with Crippen LogP contribution in [0.25, 0.3) is 0 Å². The first-order valence-electron chi connectivity index (χ1n) is 6.31. The van der Waals surface area contributed by atoms with Gasteiger partial charge in [0.1, 0.15) is 12.4 Å². The zero-order valence-corrected chi connectivity index (χ0v) is 13.4. The first-order chi connectivity index (χ1) is 9.19. The van der Waals surface area contributed by atoms with Crippen molar-refractivity contribution in [1.82, 2.24) is 4.90 Å². The van der Waals surface area contributed by atoms with Gasteiger partial charge >= 0.3 is 0 Å². The first-order valence-corrected chi connectivity index (χ1v) is 7.06. The van der Waals surface area contributed by atoms with Gasteiger partial charge in [0.05, 0.1) is 17.7 Å². The van der Waals surface area contributed by atoms with E-state index in [9.17, 15) is 0 Å². The van der Waals surface area contributed by atoms with Gasteiger partial charge in [-0.2, -0.15) is 0 Å². The van der Waals surface area contributed by atoms with E-state index in [0.29, 0.717) is 28.9 Å². The van der Waals surface area contributed by atoms with Gasteiger partial charge in [0.2, 0.25) is 0 Å². The van der Waals surface area contributed by atoms with E-state index in [4.69, 9.17) is 38.4 Å². The fourth-order valence-electron chi connectivity index (χ4n) is 2.00. The number of hydrogen-bond acceptors (Lipinski definition) is 4. The van der Waals surface area contributed by atoms with Crippen molar-refractivity contribution >= 4 is 35.6 Å². The summed E-state index contributed by atoms with van der Waals surface area (Å²) in [5.74, 6) is 0.662. The molecule has 1 aliphatic rings. The van der Waals surface area contributed by atoms with Crippen LogP contribution < -0.4 is 10.5 Å². The van der Waals surface area contributed by atoms with E-state index >= 15 is 0 Å². The first kappa shape index (κ1) is 17.8. The topological polar surface area (TPSA) is 47.7 Å². The van der Waals surface area contributed by atoms with Crippen molar-refractivity contribution in [3.05, 3.63) is 28.2 Å². The highest BCUT2D eigenvalue weighted by Crippen LogP contribution is 2.27. The normalized spacial score (nSPS) is 19.4. The van der Waals surface area contributed by atoms with Gasteiger partial charge in [-0.05, 0) is 18.2 Å². The maximum absolute atomic E-state index is 6.04. The van der Waals surface area contributed by atoms with Crippen molar-refractivity contribution in [2.45, 2.75) is 6.10 Å². The number of morpholine rings is 1. The Balaban J connectivity index is 0.00000200. The number of rotatable bonds is 5. The maximum atomic E-state index is 6.04. The van der Waals surface area contributed by atoms with E-state index in [1.54, 1.807) is 18.2 Å². The maximum Gasteiger partial charge on any atom is 0.138 e. The molecule has 1 heterocycles. The van der Waals surface area contributed by atoms with Crippen LogP contribution in [0.3, 0.4) is 0 Å². The molecule has 0 spiro atoms. The lowest BCUT2D eigenvalue weighted by Crippen LogP contribution is -2.46. The van der Waals surface area contributed by atoms with Gasteiger partial charge in [-0.1, -0.05) is 23.2 Å². The molecule has 4 nitrogen and oxygen atoms in total. The average molecular weight is 342 g/mol. The minimum Gasteiger partial charge on any atom is -0.491 e. The van der Waals surface area contributed by atoms with Gasteiger partial charge in [-0.25, -0.2) is 0 Å². The summed E-state index contributed by atoms with van der Waals surface area (Å²) in [6.45, 7) is 4.46. The van der Waals surface area contributed by atoms with Crippen LogP contribution in [0.5, 0.6) is 5.75 Å². The summed E-state index contributed by atoms with van der Waals surface area (Å²) in [6, 6.07) is 5.23. The van der Waals surface area contributed by atoms with E-state index in [1.165, 1.54) is 0 Å². The van der Waals surface area contributed by atoms with Gasteiger partial charge in [0.25, 0.3) is 0 Å². The van der Waals surface area contributed by atoms with Crippen molar-refractivity contribution in [2.24, 2.45) is 5.73 Å². The van der Waals surface area contributed by atoms with E-state index in [0.717, 1.165) is 26.2 Å². The molecule has 1 saturated heterocycles. The standard InChI is InChI=1S/C13H18Cl2N2O2.ClH/c14-10-1-2-13(12(15)7-10)19-6-4-17-3-5-18-11(8-16)9-17;/h1-2,7,11H,3-6,8-9,16H2;1H.